The van der Waals surface area contributed by atoms with Gasteiger partial charge in [0.2, 0.25) is 0 Å². The van der Waals surface area contributed by atoms with Gasteiger partial charge in [0, 0.05) is 11.8 Å². The van der Waals surface area contributed by atoms with Gasteiger partial charge in [-0.2, -0.15) is 0 Å². The molecule has 0 saturated heterocycles. The normalized spacial score (nSPS) is 13.2. The molecule has 1 atom stereocenters. The highest BCUT2D eigenvalue weighted by molar-refractivity contribution is 5.69. The van der Waals surface area contributed by atoms with Crippen molar-refractivity contribution in [2.45, 2.75) is 175 Å². The summed E-state index contributed by atoms with van der Waals surface area (Å²) in [6.45, 7) is 9.70. The molecule has 0 aliphatic heterocycles. The predicted molar refractivity (Wildman–Crippen MR) is 142 cm³/mol. The Morgan fingerprint density at radius 3 is 1.25 bits per heavy atom. The molecule has 0 radical (unpaired) electrons. The fourth-order valence-electron chi connectivity index (χ4n) is 4.64. The maximum Gasteiger partial charge on any atom is 0.305 e. The number of hydrogen-bond donors (Lipinski definition) is 0. The predicted octanol–water partition coefficient (Wildman–Crippen LogP) is 10.6. The summed E-state index contributed by atoms with van der Waals surface area (Å²) in [7, 11) is 0. The highest BCUT2D eigenvalue weighted by Crippen LogP contribution is 2.32. The van der Waals surface area contributed by atoms with Gasteiger partial charge < -0.3 is 4.74 Å². The van der Waals surface area contributed by atoms with Crippen molar-refractivity contribution in [3.63, 3.8) is 0 Å². The van der Waals surface area contributed by atoms with Gasteiger partial charge in [-0.05, 0) is 19.3 Å². The number of carbonyl (C=O) groups is 1. The maximum atomic E-state index is 12.1. The van der Waals surface area contributed by atoms with E-state index in [1.165, 1.54) is 128 Å². The summed E-state index contributed by atoms with van der Waals surface area (Å²) in [5.74, 6) is 0.0112. The average molecular weight is 453 g/mol. The minimum absolute atomic E-state index is 0.0112. The Hall–Kier alpha value is -0.530. The molecule has 0 aromatic rings. The number of unbranched alkanes of at least 4 members (excludes halogenated alkanes) is 17. The van der Waals surface area contributed by atoms with Crippen LogP contribution in [0.5, 0.6) is 0 Å². The van der Waals surface area contributed by atoms with Crippen molar-refractivity contribution >= 4 is 5.97 Å². The number of rotatable bonds is 25. The zero-order chi connectivity index (χ0) is 23.8. The third kappa shape index (κ3) is 21.3. The Morgan fingerprint density at radius 1 is 0.531 bits per heavy atom. The van der Waals surface area contributed by atoms with Gasteiger partial charge >= 0.3 is 5.97 Å². The van der Waals surface area contributed by atoms with Crippen molar-refractivity contribution in [3.8, 4) is 0 Å². The molecule has 0 saturated carbocycles. The van der Waals surface area contributed by atoms with Gasteiger partial charge in [-0.3, -0.25) is 4.79 Å². The second-order valence-corrected chi connectivity index (χ2v) is 10.7. The molecule has 0 heterocycles. The minimum Gasteiger partial charge on any atom is -0.465 e. The lowest BCUT2D eigenvalue weighted by Gasteiger charge is -2.29. The zero-order valence-corrected chi connectivity index (χ0v) is 22.8. The number of esters is 1. The summed E-state index contributed by atoms with van der Waals surface area (Å²) in [5.41, 5.74) is 0.171. The number of carbonyl (C=O) groups excluding carboxylic acids is 1. The summed E-state index contributed by atoms with van der Waals surface area (Å²) >= 11 is 0. The fourth-order valence-corrected chi connectivity index (χ4v) is 4.64. The summed E-state index contributed by atoms with van der Waals surface area (Å²) in [4.78, 5) is 12.1. The van der Waals surface area contributed by atoms with E-state index >= 15 is 0 Å². The second kappa shape index (κ2) is 23.6. The van der Waals surface area contributed by atoms with Crippen LogP contribution in [0, 0.1) is 5.41 Å². The van der Waals surface area contributed by atoms with Crippen LogP contribution in [0.2, 0.25) is 0 Å². The number of ether oxygens (including phenoxy) is 1. The van der Waals surface area contributed by atoms with Gasteiger partial charge in [0.15, 0.2) is 0 Å². The van der Waals surface area contributed by atoms with E-state index in [1.807, 2.05) is 0 Å². The molecule has 1 unspecified atom stereocenters. The molecular weight excluding hydrogens is 392 g/mol. The molecule has 0 aliphatic carbocycles. The SMILES string of the molecule is CCCCCCCCCCCCC(C)(CCCCCCCCCC)COC(=O)CCCC. The van der Waals surface area contributed by atoms with E-state index in [9.17, 15) is 4.79 Å². The van der Waals surface area contributed by atoms with Gasteiger partial charge in [-0.25, -0.2) is 0 Å². The van der Waals surface area contributed by atoms with Crippen molar-refractivity contribution in [3.05, 3.63) is 0 Å². The van der Waals surface area contributed by atoms with Crippen LogP contribution in [0.4, 0.5) is 0 Å². The standard InChI is InChI=1S/C30H60O2/c1-5-8-11-13-15-17-18-20-22-24-27-30(4,28-32-29(31)25-10-7-3)26-23-21-19-16-14-12-9-6-2/h5-28H2,1-4H3. The molecule has 2 nitrogen and oxygen atoms in total. The van der Waals surface area contributed by atoms with E-state index < -0.39 is 0 Å². The lowest BCUT2D eigenvalue weighted by atomic mass is 9.80. The van der Waals surface area contributed by atoms with Crippen molar-refractivity contribution in [2.24, 2.45) is 5.41 Å². The van der Waals surface area contributed by atoms with E-state index in [1.54, 1.807) is 0 Å². The van der Waals surface area contributed by atoms with Gasteiger partial charge in [-0.15, -0.1) is 0 Å². The highest BCUT2D eigenvalue weighted by Gasteiger charge is 2.25. The van der Waals surface area contributed by atoms with E-state index in [-0.39, 0.29) is 11.4 Å². The van der Waals surface area contributed by atoms with Gasteiger partial charge in [0.05, 0.1) is 6.61 Å². The molecule has 32 heavy (non-hydrogen) atoms. The molecule has 192 valence electrons. The van der Waals surface area contributed by atoms with E-state index in [2.05, 4.69) is 27.7 Å². The fraction of sp³-hybridized carbons (Fsp3) is 0.967. The van der Waals surface area contributed by atoms with Gasteiger partial charge in [-0.1, -0.05) is 150 Å². The zero-order valence-electron chi connectivity index (χ0n) is 22.8. The van der Waals surface area contributed by atoms with Crippen LogP contribution >= 0.6 is 0 Å². The molecular formula is C30H60O2. The first-order chi connectivity index (χ1) is 15.6. The van der Waals surface area contributed by atoms with Crippen molar-refractivity contribution < 1.29 is 9.53 Å². The van der Waals surface area contributed by atoms with E-state index in [0.29, 0.717) is 13.0 Å². The molecule has 0 fully saturated rings. The van der Waals surface area contributed by atoms with Crippen LogP contribution in [-0.4, -0.2) is 12.6 Å². The largest absolute Gasteiger partial charge is 0.465 e. The van der Waals surface area contributed by atoms with Crippen LogP contribution in [0.15, 0.2) is 0 Å². The first-order valence-electron chi connectivity index (χ1n) is 14.7. The summed E-state index contributed by atoms with van der Waals surface area (Å²) in [6.07, 6.45) is 29.7. The Bertz CT molecular complexity index is 392. The molecule has 0 aromatic carbocycles. The Balaban J connectivity index is 4.11. The second-order valence-electron chi connectivity index (χ2n) is 10.7. The summed E-state index contributed by atoms with van der Waals surface area (Å²) in [5, 5.41) is 0. The minimum atomic E-state index is 0.0112. The summed E-state index contributed by atoms with van der Waals surface area (Å²) < 4.78 is 5.74. The van der Waals surface area contributed by atoms with Gasteiger partial charge in [0.1, 0.15) is 0 Å². The molecule has 0 aromatic heterocycles. The topological polar surface area (TPSA) is 26.3 Å². The van der Waals surface area contributed by atoms with Crippen molar-refractivity contribution in [2.75, 3.05) is 6.61 Å². The maximum absolute atomic E-state index is 12.1. The monoisotopic (exact) mass is 452 g/mol. The third-order valence-electron chi connectivity index (χ3n) is 7.08. The van der Waals surface area contributed by atoms with Crippen LogP contribution in [0.1, 0.15) is 175 Å². The average Bonchev–Trinajstić information content (AvgIpc) is 2.79. The first kappa shape index (κ1) is 31.5. The molecule has 0 rings (SSSR count). The first-order valence-corrected chi connectivity index (χ1v) is 14.7. The van der Waals surface area contributed by atoms with Crippen LogP contribution in [0.25, 0.3) is 0 Å². The van der Waals surface area contributed by atoms with E-state index in [4.69, 9.17) is 4.74 Å². The van der Waals surface area contributed by atoms with Crippen LogP contribution in [0.3, 0.4) is 0 Å². The highest BCUT2D eigenvalue weighted by atomic mass is 16.5. The molecule has 0 N–H and O–H groups in total. The van der Waals surface area contributed by atoms with Crippen molar-refractivity contribution in [1.82, 2.24) is 0 Å². The summed E-state index contributed by atoms with van der Waals surface area (Å²) in [6, 6.07) is 0. The van der Waals surface area contributed by atoms with E-state index in [0.717, 1.165) is 12.8 Å². The molecule has 0 bridgehead atoms. The molecule has 0 spiro atoms. The number of hydrogen-bond acceptors (Lipinski definition) is 2. The third-order valence-corrected chi connectivity index (χ3v) is 7.08. The van der Waals surface area contributed by atoms with Crippen molar-refractivity contribution in [1.29, 1.82) is 0 Å². The lowest BCUT2D eigenvalue weighted by Crippen LogP contribution is -2.25. The molecule has 2 heteroatoms. The van der Waals surface area contributed by atoms with Gasteiger partial charge in [0.25, 0.3) is 0 Å². The Labute approximate surface area is 203 Å². The lowest BCUT2D eigenvalue weighted by molar-refractivity contribution is -0.147. The van der Waals surface area contributed by atoms with Crippen LogP contribution < -0.4 is 0 Å². The Kier molecular flexibility index (Phi) is 23.2. The Morgan fingerprint density at radius 2 is 0.875 bits per heavy atom. The van der Waals surface area contributed by atoms with Crippen LogP contribution in [-0.2, 0) is 9.53 Å². The quantitative estimate of drug-likeness (QED) is 0.102. The smallest absolute Gasteiger partial charge is 0.305 e. The molecule has 0 aliphatic rings. The molecule has 0 amide bonds.